The summed E-state index contributed by atoms with van der Waals surface area (Å²) >= 11 is 1.43. The summed E-state index contributed by atoms with van der Waals surface area (Å²) in [5.74, 6) is 2.33. The number of hydrogen-bond donors (Lipinski definition) is 1. The summed E-state index contributed by atoms with van der Waals surface area (Å²) < 4.78 is 7.20. The van der Waals surface area contributed by atoms with Gasteiger partial charge < -0.3 is 4.42 Å². The van der Waals surface area contributed by atoms with Crippen molar-refractivity contribution in [3.05, 3.63) is 22.3 Å². The molecule has 0 amide bonds. The first-order valence-electron chi connectivity index (χ1n) is 6.38. The number of hydrogen-bond acceptors (Lipinski definition) is 6. The molecule has 1 aliphatic carbocycles. The predicted octanol–water partition coefficient (Wildman–Crippen LogP) is 1.53. The van der Waals surface area contributed by atoms with Gasteiger partial charge in [0.2, 0.25) is 11.8 Å². The van der Waals surface area contributed by atoms with Gasteiger partial charge in [-0.2, -0.15) is 0 Å². The molecule has 2 aromatic rings. The van der Waals surface area contributed by atoms with Crippen LogP contribution in [0.2, 0.25) is 0 Å². The number of rotatable bonds is 6. The molecule has 8 heteroatoms. The minimum atomic E-state index is -0.173. The SMILES string of the molecule is CCCn1c(SCc2nnc(C3CC3)o2)n[nH]c1=O. The van der Waals surface area contributed by atoms with Gasteiger partial charge in [0, 0.05) is 12.5 Å². The zero-order valence-corrected chi connectivity index (χ0v) is 11.4. The van der Waals surface area contributed by atoms with Crippen LogP contribution in [0.25, 0.3) is 0 Å². The van der Waals surface area contributed by atoms with Crippen LogP contribution >= 0.6 is 11.8 Å². The first-order chi connectivity index (χ1) is 9.28. The Morgan fingerprint density at radius 1 is 1.47 bits per heavy atom. The van der Waals surface area contributed by atoms with Gasteiger partial charge in [-0.25, -0.2) is 9.89 Å². The van der Waals surface area contributed by atoms with Gasteiger partial charge in [0.25, 0.3) is 0 Å². The second-order valence-corrected chi connectivity index (χ2v) is 5.50. The summed E-state index contributed by atoms with van der Waals surface area (Å²) in [4.78, 5) is 11.5. The third-order valence-electron chi connectivity index (χ3n) is 2.90. The zero-order chi connectivity index (χ0) is 13.2. The summed E-state index contributed by atoms with van der Waals surface area (Å²) in [6.45, 7) is 2.68. The zero-order valence-electron chi connectivity index (χ0n) is 10.6. The molecule has 1 fully saturated rings. The molecule has 0 aliphatic heterocycles. The molecule has 0 spiro atoms. The average molecular weight is 281 g/mol. The van der Waals surface area contributed by atoms with Crippen molar-refractivity contribution >= 4 is 11.8 Å². The lowest BCUT2D eigenvalue weighted by Crippen LogP contribution is -2.17. The van der Waals surface area contributed by atoms with E-state index in [0.29, 0.717) is 29.3 Å². The summed E-state index contributed by atoms with van der Waals surface area (Å²) in [7, 11) is 0. The van der Waals surface area contributed by atoms with Gasteiger partial charge in [0.1, 0.15) is 0 Å². The van der Waals surface area contributed by atoms with E-state index in [0.717, 1.165) is 25.2 Å². The lowest BCUT2D eigenvalue weighted by Gasteiger charge is -2.01. The lowest BCUT2D eigenvalue weighted by molar-refractivity contribution is 0.466. The Morgan fingerprint density at radius 3 is 3.05 bits per heavy atom. The number of aromatic amines is 1. The Morgan fingerprint density at radius 2 is 2.32 bits per heavy atom. The van der Waals surface area contributed by atoms with Gasteiger partial charge in [-0.3, -0.25) is 4.57 Å². The molecule has 2 aromatic heterocycles. The smallest absolute Gasteiger partial charge is 0.343 e. The maximum Gasteiger partial charge on any atom is 0.343 e. The molecule has 0 atom stereocenters. The van der Waals surface area contributed by atoms with Crippen molar-refractivity contribution in [1.82, 2.24) is 25.0 Å². The third-order valence-corrected chi connectivity index (χ3v) is 3.87. The normalized spacial score (nSPS) is 15.0. The molecule has 0 bridgehead atoms. The Bertz CT molecular complexity index is 613. The third kappa shape index (κ3) is 2.73. The molecule has 0 radical (unpaired) electrons. The van der Waals surface area contributed by atoms with Crippen LogP contribution in [-0.2, 0) is 12.3 Å². The van der Waals surface area contributed by atoms with Crippen LogP contribution in [0.5, 0.6) is 0 Å². The number of nitrogens with zero attached hydrogens (tertiary/aromatic N) is 4. The average Bonchev–Trinajstić information content (AvgIpc) is 3.06. The first-order valence-corrected chi connectivity index (χ1v) is 7.36. The fourth-order valence-corrected chi connectivity index (χ4v) is 2.59. The van der Waals surface area contributed by atoms with Crippen LogP contribution in [0.15, 0.2) is 14.4 Å². The molecule has 1 saturated carbocycles. The highest BCUT2D eigenvalue weighted by Gasteiger charge is 2.29. The number of aromatic nitrogens is 5. The summed E-state index contributed by atoms with van der Waals surface area (Å²) in [6, 6.07) is 0. The van der Waals surface area contributed by atoms with E-state index in [2.05, 4.69) is 20.4 Å². The van der Waals surface area contributed by atoms with Crippen LogP contribution in [0, 0.1) is 0 Å². The van der Waals surface area contributed by atoms with Gasteiger partial charge in [0.15, 0.2) is 5.16 Å². The maximum absolute atomic E-state index is 11.5. The highest BCUT2D eigenvalue weighted by molar-refractivity contribution is 7.98. The number of nitrogens with one attached hydrogen (secondary N) is 1. The van der Waals surface area contributed by atoms with Crippen molar-refractivity contribution in [2.24, 2.45) is 0 Å². The molecule has 0 aromatic carbocycles. The molecule has 19 heavy (non-hydrogen) atoms. The predicted molar refractivity (Wildman–Crippen MR) is 69.0 cm³/mol. The topological polar surface area (TPSA) is 89.6 Å². The quantitative estimate of drug-likeness (QED) is 0.808. The minimum absolute atomic E-state index is 0.173. The Kier molecular flexibility index (Phi) is 3.41. The lowest BCUT2D eigenvalue weighted by atomic mass is 10.4. The molecule has 1 N–H and O–H groups in total. The summed E-state index contributed by atoms with van der Waals surface area (Å²) in [5.41, 5.74) is -0.173. The molecule has 0 saturated heterocycles. The number of H-pyrrole nitrogens is 1. The Hall–Kier alpha value is -1.57. The Labute approximate surface area is 113 Å². The van der Waals surface area contributed by atoms with Crippen LogP contribution < -0.4 is 5.69 Å². The van der Waals surface area contributed by atoms with Crippen molar-refractivity contribution in [3.63, 3.8) is 0 Å². The van der Waals surface area contributed by atoms with E-state index in [9.17, 15) is 4.79 Å². The van der Waals surface area contributed by atoms with Gasteiger partial charge >= 0.3 is 5.69 Å². The van der Waals surface area contributed by atoms with Gasteiger partial charge in [-0.15, -0.1) is 15.3 Å². The second kappa shape index (κ2) is 5.20. The summed E-state index contributed by atoms with van der Waals surface area (Å²) in [5, 5.41) is 15.2. The van der Waals surface area contributed by atoms with E-state index in [-0.39, 0.29) is 5.69 Å². The van der Waals surface area contributed by atoms with E-state index >= 15 is 0 Å². The maximum atomic E-state index is 11.5. The molecule has 2 heterocycles. The largest absolute Gasteiger partial charge is 0.424 e. The van der Waals surface area contributed by atoms with Crippen LogP contribution in [0.3, 0.4) is 0 Å². The van der Waals surface area contributed by atoms with Crippen LogP contribution in [0.4, 0.5) is 0 Å². The van der Waals surface area contributed by atoms with Crippen molar-refractivity contribution in [2.45, 2.75) is 49.6 Å². The summed E-state index contributed by atoms with van der Waals surface area (Å²) in [6.07, 6.45) is 3.17. The standard InChI is InChI=1S/C11H15N5O2S/c1-2-5-16-10(17)14-15-11(16)19-6-8-12-13-9(18-8)7-3-4-7/h7H,2-6H2,1H3,(H,14,17). The fourth-order valence-electron chi connectivity index (χ4n) is 1.78. The molecule has 102 valence electrons. The minimum Gasteiger partial charge on any atom is -0.424 e. The van der Waals surface area contributed by atoms with Crippen molar-refractivity contribution in [1.29, 1.82) is 0 Å². The molecule has 0 unspecified atom stereocenters. The molecular weight excluding hydrogens is 266 g/mol. The first kappa shape index (κ1) is 12.5. The van der Waals surface area contributed by atoms with Gasteiger partial charge in [-0.05, 0) is 19.3 Å². The number of thioether (sulfide) groups is 1. The van der Waals surface area contributed by atoms with E-state index in [1.165, 1.54) is 11.8 Å². The van der Waals surface area contributed by atoms with Crippen molar-refractivity contribution in [3.8, 4) is 0 Å². The van der Waals surface area contributed by atoms with E-state index in [4.69, 9.17) is 4.42 Å². The molecule has 3 rings (SSSR count). The molecule has 7 nitrogen and oxygen atoms in total. The Balaban J connectivity index is 1.66. The van der Waals surface area contributed by atoms with E-state index < -0.39 is 0 Å². The highest BCUT2D eigenvalue weighted by atomic mass is 32.2. The highest BCUT2D eigenvalue weighted by Crippen LogP contribution is 2.39. The van der Waals surface area contributed by atoms with Crippen molar-refractivity contribution in [2.75, 3.05) is 0 Å². The van der Waals surface area contributed by atoms with Crippen molar-refractivity contribution < 1.29 is 4.42 Å². The van der Waals surface area contributed by atoms with E-state index in [1.54, 1.807) is 4.57 Å². The second-order valence-electron chi connectivity index (χ2n) is 4.56. The van der Waals surface area contributed by atoms with Crippen LogP contribution in [-0.4, -0.2) is 25.0 Å². The monoisotopic (exact) mass is 281 g/mol. The van der Waals surface area contributed by atoms with Gasteiger partial charge in [-0.1, -0.05) is 18.7 Å². The molecular formula is C11H15N5O2S. The van der Waals surface area contributed by atoms with Crippen LogP contribution in [0.1, 0.15) is 43.9 Å². The van der Waals surface area contributed by atoms with E-state index in [1.807, 2.05) is 6.92 Å². The van der Waals surface area contributed by atoms with Gasteiger partial charge in [0.05, 0.1) is 5.75 Å². The fraction of sp³-hybridized carbons (Fsp3) is 0.636. The molecule has 1 aliphatic rings.